The molecular weight excluding hydrogens is 534 g/mol. The third kappa shape index (κ3) is 7.04. The van der Waals surface area contributed by atoms with Crippen LogP contribution >= 0.6 is 11.8 Å². The van der Waals surface area contributed by atoms with Crippen LogP contribution in [-0.4, -0.2) is 55.7 Å². The van der Waals surface area contributed by atoms with E-state index in [1.165, 1.54) is 47.0 Å². The minimum Gasteiger partial charge on any atom is -0.496 e. The summed E-state index contributed by atoms with van der Waals surface area (Å²) in [5.41, 5.74) is 11.2. The van der Waals surface area contributed by atoms with Gasteiger partial charge in [0.1, 0.15) is 5.75 Å². The number of nitrogens with one attached hydrogen (secondary N) is 1. The summed E-state index contributed by atoms with van der Waals surface area (Å²) in [7, 11) is 4.91. The molecule has 0 saturated carbocycles. The van der Waals surface area contributed by atoms with Gasteiger partial charge >= 0.3 is 5.97 Å². The molecule has 5 rings (SSSR count). The van der Waals surface area contributed by atoms with Crippen molar-refractivity contribution in [3.8, 4) is 17.2 Å². The predicted molar refractivity (Wildman–Crippen MR) is 168 cm³/mol. The molecule has 0 aromatic heterocycles. The molecule has 3 aliphatic heterocycles. The van der Waals surface area contributed by atoms with Gasteiger partial charge in [-0.25, -0.2) is 0 Å². The summed E-state index contributed by atoms with van der Waals surface area (Å²) in [6.45, 7) is 7.92. The molecule has 7 nitrogen and oxygen atoms in total. The summed E-state index contributed by atoms with van der Waals surface area (Å²) in [5, 5.41) is 3.97. The molecule has 3 heterocycles. The van der Waals surface area contributed by atoms with E-state index < -0.39 is 0 Å². The number of ether oxygens (including phenoxy) is 3. The van der Waals surface area contributed by atoms with Crippen molar-refractivity contribution in [1.29, 1.82) is 0 Å². The lowest BCUT2D eigenvalue weighted by Gasteiger charge is -2.42. The zero-order valence-electron chi connectivity index (χ0n) is 25.2. The number of hydrogen-bond acceptors (Lipinski definition) is 8. The monoisotopic (exact) mass is 581 g/mol. The summed E-state index contributed by atoms with van der Waals surface area (Å²) in [4.78, 5) is 15.3. The Balaban J connectivity index is 0.00000189. The fraction of sp³-hybridized carbons (Fsp3) is 0.545. The predicted octanol–water partition coefficient (Wildman–Crippen LogP) is 5.57. The van der Waals surface area contributed by atoms with Gasteiger partial charge in [-0.05, 0) is 104 Å². The zero-order chi connectivity index (χ0) is 29.4. The molecule has 3 unspecified atom stereocenters. The second-order valence-electron chi connectivity index (χ2n) is 10.8. The van der Waals surface area contributed by atoms with Crippen LogP contribution in [0.4, 0.5) is 0 Å². The van der Waals surface area contributed by atoms with Crippen LogP contribution < -0.4 is 25.3 Å². The van der Waals surface area contributed by atoms with Crippen molar-refractivity contribution in [2.24, 2.45) is 5.73 Å². The highest BCUT2D eigenvalue weighted by atomic mass is 32.2. The van der Waals surface area contributed by atoms with E-state index >= 15 is 0 Å². The molecule has 2 aromatic carbocycles. The SMILES string of the molecule is C=CNC1CCSC1CCCCC(=O)Oc1cc2c(cc1OC)C1Cc3ccc(OC)c(CC)c3CN1CC2.CN. The van der Waals surface area contributed by atoms with Gasteiger partial charge in [0.25, 0.3) is 0 Å². The summed E-state index contributed by atoms with van der Waals surface area (Å²) >= 11 is 2.03. The quantitative estimate of drug-likeness (QED) is 0.202. The van der Waals surface area contributed by atoms with Crippen molar-refractivity contribution in [1.82, 2.24) is 10.2 Å². The molecule has 8 heteroatoms. The molecular formula is C33H47N3O4S. The van der Waals surface area contributed by atoms with E-state index in [0.29, 0.717) is 35.3 Å². The number of carbonyl (C=O) groups excluding carboxylic acids is 1. The number of benzene rings is 2. The lowest BCUT2D eigenvalue weighted by Crippen LogP contribution is -2.39. The van der Waals surface area contributed by atoms with Crippen LogP contribution in [0.15, 0.2) is 37.0 Å². The van der Waals surface area contributed by atoms with Gasteiger partial charge in [-0.2, -0.15) is 11.8 Å². The van der Waals surface area contributed by atoms with E-state index in [4.69, 9.17) is 14.2 Å². The Bertz CT molecular complexity index is 1200. The van der Waals surface area contributed by atoms with Gasteiger partial charge in [-0.15, -0.1) is 0 Å². The highest BCUT2D eigenvalue weighted by molar-refractivity contribution is 8.00. The van der Waals surface area contributed by atoms with E-state index in [0.717, 1.165) is 57.4 Å². The fourth-order valence-electron chi connectivity index (χ4n) is 6.59. The standard InChI is InChI=1S/C32H42N2O4S.CH5N/c1-5-23-25-20-34-15-13-22-18-30(38-32(35)10-8-7-9-31-26(33-6-2)14-16-39-31)29(37-4)19-24(22)27(34)17-21(25)11-12-28(23)36-3;1-2/h6,11-12,18-19,26-27,31,33H,2,5,7-10,13-17,20H2,1,3-4H3;2H2,1H3. The molecule has 0 amide bonds. The van der Waals surface area contributed by atoms with Crippen LogP contribution in [0.2, 0.25) is 0 Å². The highest BCUT2D eigenvalue weighted by Gasteiger charge is 2.34. The van der Waals surface area contributed by atoms with Gasteiger partial charge in [0, 0.05) is 36.8 Å². The van der Waals surface area contributed by atoms with Crippen molar-refractivity contribution in [3.05, 3.63) is 64.9 Å². The van der Waals surface area contributed by atoms with Crippen LogP contribution in [0.1, 0.15) is 72.9 Å². The van der Waals surface area contributed by atoms with Crippen LogP contribution in [0.3, 0.4) is 0 Å². The molecule has 1 saturated heterocycles. The smallest absolute Gasteiger partial charge is 0.311 e. The molecule has 0 radical (unpaired) electrons. The van der Waals surface area contributed by atoms with E-state index in [9.17, 15) is 4.79 Å². The molecule has 41 heavy (non-hydrogen) atoms. The van der Waals surface area contributed by atoms with Gasteiger partial charge in [-0.3, -0.25) is 9.69 Å². The molecule has 0 aliphatic carbocycles. The van der Waals surface area contributed by atoms with Crippen LogP contribution in [0.5, 0.6) is 17.2 Å². The molecule has 224 valence electrons. The van der Waals surface area contributed by atoms with Crippen LogP contribution in [0.25, 0.3) is 0 Å². The molecule has 3 N–H and O–H groups in total. The summed E-state index contributed by atoms with van der Waals surface area (Å²) in [5.74, 6) is 3.19. The molecule has 3 aliphatic rings. The maximum absolute atomic E-state index is 12.8. The fourth-order valence-corrected chi connectivity index (χ4v) is 8.06. The number of nitrogens with two attached hydrogens (primary N) is 1. The number of methoxy groups -OCH3 is 2. The van der Waals surface area contributed by atoms with Crippen molar-refractivity contribution in [3.63, 3.8) is 0 Å². The number of unbranched alkanes of at least 4 members (excludes halogenated alkanes) is 1. The highest BCUT2D eigenvalue weighted by Crippen LogP contribution is 2.44. The lowest BCUT2D eigenvalue weighted by atomic mass is 9.82. The van der Waals surface area contributed by atoms with Crippen LogP contribution in [0, 0.1) is 0 Å². The van der Waals surface area contributed by atoms with Gasteiger partial charge in [-0.1, -0.05) is 26.0 Å². The second kappa shape index (κ2) is 15.0. The Labute approximate surface area is 250 Å². The average molecular weight is 582 g/mol. The molecule has 0 spiro atoms. The first-order chi connectivity index (χ1) is 20.1. The van der Waals surface area contributed by atoms with Crippen molar-refractivity contribution in [2.75, 3.05) is 33.6 Å². The lowest BCUT2D eigenvalue weighted by molar-refractivity contribution is -0.134. The van der Waals surface area contributed by atoms with E-state index in [-0.39, 0.29) is 5.97 Å². The topological polar surface area (TPSA) is 86.1 Å². The van der Waals surface area contributed by atoms with Gasteiger partial charge in [0.2, 0.25) is 0 Å². The first kappa shape index (κ1) is 31.3. The van der Waals surface area contributed by atoms with Crippen LogP contribution in [-0.2, 0) is 30.6 Å². The minimum atomic E-state index is -0.182. The average Bonchev–Trinajstić information content (AvgIpc) is 3.45. The Kier molecular flexibility index (Phi) is 11.4. The van der Waals surface area contributed by atoms with E-state index in [1.807, 2.05) is 17.8 Å². The first-order valence-corrected chi connectivity index (χ1v) is 16.0. The van der Waals surface area contributed by atoms with Crippen molar-refractivity contribution >= 4 is 17.7 Å². The number of carbonyl (C=O) groups is 1. The number of hydrogen-bond donors (Lipinski definition) is 2. The number of fused-ring (bicyclic) bond motifs is 4. The molecule has 3 atom stereocenters. The molecule has 1 fully saturated rings. The number of rotatable bonds is 11. The second-order valence-corrected chi connectivity index (χ2v) is 12.1. The van der Waals surface area contributed by atoms with E-state index in [2.05, 4.69) is 47.7 Å². The maximum atomic E-state index is 12.8. The summed E-state index contributed by atoms with van der Waals surface area (Å²) in [6, 6.07) is 9.30. The number of esters is 1. The third-order valence-corrected chi connectivity index (χ3v) is 10.1. The van der Waals surface area contributed by atoms with E-state index in [1.54, 1.807) is 20.4 Å². The van der Waals surface area contributed by atoms with Gasteiger partial charge in [0.05, 0.1) is 14.2 Å². The first-order valence-electron chi connectivity index (χ1n) is 15.0. The molecule has 2 aromatic rings. The van der Waals surface area contributed by atoms with Gasteiger partial charge < -0.3 is 25.3 Å². The Morgan fingerprint density at radius 1 is 1.15 bits per heavy atom. The number of nitrogens with zero attached hydrogens (tertiary/aromatic N) is 1. The largest absolute Gasteiger partial charge is 0.496 e. The van der Waals surface area contributed by atoms with Gasteiger partial charge in [0.15, 0.2) is 11.5 Å². The zero-order valence-corrected chi connectivity index (χ0v) is 26.0. The Morgan fingerprint density at radius 2 is 1.95 bits per heavy atom. The Hall–Kier alpha value is -2.68. The summed E-state index contributed by atoms with van der Waals surface area (Å²) in [6.07, 6.45) is 9.24. The van der Waals surface area contributed by atoms with Crippen molar-refractivity contribution < 1.29 is 19.0 Å². The molecule has 0 bridgehead atoms. The summed E-state index contributed by atoms with van der Waals surface area (Å²) < 4.78 is 17.2. The normalized spacial score (nSPS) is 21.0. The minimum absolute atomic E-state index is 0.182. The Morgan fingerprint density at radius 3 is 2.68 bits per heavy atom. The maximum Gasteiger partial charge on any atom is 0.311 e. The third-order valence-electron chi connectivity index (χ3n) is 8.61. The van der Waals surface area contributed by atoms with Crippen molar-refractivity contribution in [2.45, 2.75) is 82.2 Å². The number of thioether (sulfide) groups is 1.